The Morgan fingerprint density at radius 2 is 1.38 bits per heavy atom. The van der Waals surface area contributed by atoms with Crippen LogP contribution in [0.4, 0.5) is 0 Å². The van der Waals surface area contributed by atoms with Crippen molar-refractivity contribution < 1.29 is 19.8 Å². The molecule has 2 N–H and O–H groups in total. The lowest BCUT2D eigenvalue weighted by atomic mass is 10.5. The van der Waals surface area contributed by atoms with Gasteiger partial charge in [0.2, 0.25) is 0 Å². The molecule has 0 aromatic heterocycles. The average Bonchev–Trinajstić information content (AvgIpc) is 1.98. The van der Waals surface area contributed by atoms with Gasteiger partial charge in [-0.05, 0) is 13.8 Å². The van der Waals surface area contributed by atoms with E-state index in [4.69, 9.17) is 10.2 Å². The molecule has 13 heavy (non-hydrogen) atoms. The molecule has 0 aromatic rings. The van der Waals surface area contributed by atoms with Crippen LogP contribution >= 0.6 is 23.5 Å². The van der Waals surface area contributed by atoms with Gasteiger partial charge in [-0.15, -0.1) is 23.5 Å². The van der Waals surface area contributed by atoms with Gasteiger partial charge in [-0.3, -0.25) is 9.59 Å². The molecule has 0 saturated carbocycles. The maximum Gasteiger partial charge on any atom is 0.313 e. The third-order valence-electron chi connectivity index (χ3n) is 1.09. The van der Waals surface area contributed by atoms with E-state index in [1.165, 1.54) is 23.5 Å². The Hall–Kier alpha value is -0.360. The van der Waals surface area contributed by atoms with E-state index in [2.05, 4.69) is 0 Å². The molecule has 76 valence electrons. The maximum atomic E-state index is 10.2. The van der Waals surface area contributed by atoms with Crippen LogP contribution in [-0.2, 0) is 9.59 Å². The standard InChI is InChI=1S/C7H12O4S2/c1-7(2,12-3-5(8)9)13-4-6(10)11/h3-4H2,1-2H3,(H,8,9)(H,10,11). The topological polar surface area (TPSA) is 74.6 Å². The van der Waals surface area contributed by atoms with Crippen molar-refractivity contribution >= 4 is 35.5 Å². The summed E-state index contributed by atoms with van der Waals surface area (Å²) in [6.45, 7) is 3.63. The summed E-state index contributed by atoms with van der Waals surface area (Å²) in [5, 5.41) is 16.8. The number of hydrogen-bond donors (Lipinski definition) is 2. The Kier molecular flexibility index (Phi) is 5.24. The highest BCUT2D eigenvalue weighted by Crippen LogP contribution is 2.35. The van der Waals surface area contributed by atoms with Crippen LogP contribution in [0.3, 0.4) is 0 Å². The first-order chi connectivity index (χ1) is 5.83. The predicted molar refractivity (Wildman–Crippen MR) is 54.3 cm³/mol. The Morgan fingerprint density at radius 1 is 1.08 bits per heavy atom. The molecular weight excluding hydrogens is 212 g/mol. The molecule has 0 aliphatic carbocycles. The molecule has 0 spiro atoms. The molecule has 0 aliphatic rings. The minimum Gasteiger partial charge on any atom is -0.481 e. The number of carboxylic acid groups (broad SMARTS) is 2. The first kappa shape index (κ1) is 12.6. The summed E-state index contributed by atoms with van der Waals surface area (Å²) in [6, 6.07) is 0. The molecular formula is C7H12O4S2. The van der Waals surface area contributed by atoms with Crippen LogP contribution < -0.4 is 0 Å². The lowest BCUT2D eigenvalue weighted by Gasteiger charge is -2.21. The van der Waals surface area contributed by atoms with E-state index >= 15 is 0 Å². The lowest BCUT2D eigenvalue weighted by Crippen LogP contribution is -2.16. The van der Waals surface area contributed by atoms with E-state index in [0.717, 1.165) is 0 Å². The van der Waals surface area contributed by atoms with E-state index in [1.54, 1.807) is 0 Å². The molecule has 0 bridgehead atoms. The zero-order valence-corrected chi connectivity index (χ0v) is 9.07. The largest absolute Gasteiger partial charge is 0.481 e. The van der Waals surface area contributed by atoms with Crippen molar-refractivity contribution in [3.63, 3.8) is 0 Å². The number of thioether (sulfide) groups is 2. The molecule has 0 saturated heterocycles. The van der Waals surface area contributed by atoms with Crippen molar-refractivity contribution in [1.82, 2.24) is 0 Å². The summed E-state index contributed by atoms with van der Waals surface area (Å²) in [5.74, 6) is -1.76. The van der Waals surface area contributed by atoms with Crippen LogP contribution in [0.5, 0.6) is 0 Å². The van der Waals surface area contributed by atoms with Gasteiger partial charge in [0.05, 0.1) is 15.6 Å². The molecule has 0 unspecified atom stereocenters. The molecule has 0 atom stereocenters. The fraction of sp³-hybridized carbons (Fsp3) is 0.714. The summed E-state index contributed by atoms with van der Waals surface area (Å²) >= 11 is 2.46. The second-order valence-corrected chi connectivity index (χ2v) is 6.22. The van der Waals surface area contributed by atoms with Crippen molar-refractivity contribution in [3.05, 3.63) is 0 Å². The second-order valence-electron chi connectivity index (χ2n) is 2.76. The van der Waals surface area contributed by atoms with Crippen molar-refractivity contribution in [1.29, 1.82) is 0 Å². The molecule has 6 heteroatoms. The summed E-state index contributed by atoms with van der Waals surface area (Å²) < 4.78 is -0.364. The van der Waals surface area contributed by atoms with Gasteiger partial charge in [0, 0.05) is 0 Å². The summed E-state index contributed by atoms with van der Waals surface area (Å²) in [5.41, 5.74) is 0. The Labute approximate surface area is 85.1 Å². The Bertz CT molecular complexity index is 183. The van der Waals surface area contributed by atoms with Gasteiger partial charge in [0.1, 0.15) is 0 Å². The second kappa shape index (κ2) is 5.39. The van der Waals surface area contributed by atoms with E-state index < -0.39 is 11.9 Å². The highest BCUT2D eigenvalue weighted by atomic mass is 32.2. The minimum atomic E-state index is -0.881. The van der Waals surface area contributed by atoms with Gasteiger partial charge in [-0.2, -0.15) is 0 Å². The normalized spacial score (nSPS) is 11.2. The van der Waals surface area contributed by atoms with Crippen LogP contribution in [0.1, 0.15) is 13.8 Å². The molecule has 0 aliphatic heterocycles. The van der Waals surface area contributed by atoms with E-state index in [9.17, 15) is 9.59 Å². The van der Waals surface area contributed by atoms with Crippen LogP contribution in [0.15, 0.2) is 0 Å². The first-order valence-corrected chi connectivity index (χ1v) is 5.52. The number of aliphatic carboxylic acids is 2. The molecule has 0 rings (SSSR count). The average molecular weight is 224 g/mol. The van der Waals surface area contributed by atoms with Crippen molar-refractivity contribution in [2.75, 3.05) is 11.5 Å². The molecule has 0 aromatic carbocycles. The summed E-state index contributed by atoms with van der Waals surface area (Å²) in [4.78, 5) is 20.5. The molecule has 0 amide bonds. The van der Waals surface area contributed by atoms with Gasteiger partial charge in [-0.25, -0.2) is 0 Å². The number of carbonyl (C=O) groups is 2. The van der Waals surface area contributed by atoms with E-state index in [0.29, 0.717) is 0 Å². The first-order valence-electron chi connectivity index (χ1n) is 3.55. The van der Waals surface area contributed by atoms with Crippen molar-refractivity contribution in [2.24, 2.45) is 0 Å². The van der Waals surface area contributed by atoms with Gasteiger partial charge < -0.3 is 10.2 Å². The Morgan fingerprint density at radius 3 is 1.62 bits per heavy atom. The fourth-order valence-electron chi connectivity index (χ4n) is 0.513. The SMILES string of the molecule is CC(C)(SCC(=O)O)SCC(=O)O. The van der Waals surface area contributed by atoms with Gasteiger partial charge in [-0.1, -0.05) is 0 Å². The van der Waals surface area contributed by atoms with Crippen LogP contribution in [-0.4, -0.2) is 37.7 Å². The zero-order valence-electron chi connectivity index (χ0n) is 7.44. The van der Waals surface area contributed by atoms with Gasteiger partial charge >= 0.3 is 11.9 Å². The fourth-order valence-corrected chi connectivity index (χ4v) is 2.14. The summed E-state index contributed by atoms with van der Waals surface area (Å²) in [7, 11) is 0. The van der Waals surface area contributed by atoms with Crippen LogP contribution in [0, 0.1) is 0 Å². The molecule has 0 heterocycles. The zero-order chi connectivity index (χ0) is 10.5. The lowest BCUT2D eigenvalue weighted by molar-refractivity contribution is -0.134. The van der Waals surface area contributed by atoms with E-state index in [-0.39, 0.29) is 15.6 Å². The number of rotatable bonds is 6. The maximum absolute atomic E-state index is 10.2. The van der Waals surface area contributed by atoms with Crippen molar-refractivity contribution in [3.8, 4) is 0 Å². The van der Waals surface area contributed by atoms with Crippen LogP contribution in [0.25, 0.3) is 0 Å². The number of carboxylic acids is 2. The van der Waals surface area contributed by atoms with Crippen LogP contribution in [0.2, 0.25) is 0 Å². The van der Waals surface area contributed by atoms with Gasteiger partial charge in [0.15, 0.2) is 0 Å². The van der Waals surface area contributed by atoms with Crippen molar-refractivity contribution in [2.45, 2.75) is 17.9 Å². The third-order valence-corrected chi connectivity index (χ3v) is 3.97. The highest BCUT2D eigenvalue weighted by molar-refractivity contribution is 8.18. The third kappa shape index (κ3) is 7.98. The summed E-state index contributed by atoms with van der Waals surface area (Å²) in [6.07, 6.45) is 0. The Balaban J connectivity index is 3.79. The quantitative estimate of drug-likeness (QED) is 0.663. The van der Waals surface area contributed by atoms with E-state index in [1.807, 2.05) is 13.8 Å². The highest BCUT2D eigenvalue weighted by Gasteiger charge is 2.21. The smallest absolute Gasteiger partial charge is 0.313 e. The molecule has 4 nitrogen and oxygen atoms in total. The predicted octanol–water partition coefficient (Wildman–Crippen LogP) is 1.36. The minimum absolute atomic E-state index is 0.000378. The number of hydrogen-bond acceptors (Lipinski definition) is 4. The molecule has 0 radical (unpaired) electrons. The monoisotopic (exact) mass is 224 g/mol. The van der Waals surface area contributed by atoms with Gasteiger partial charge in [0.25, 0.3) is 0 Å². The molecule has 0 fully saturated rings.